The molecule has 5 heteroatoms. The Bertz CT molecular complexity index is 857. The second-order valence-corrected chi connectivity index (χ2v) is 6.21. The van der Waals surface area contributed by atoms with Crippen molar-refractivity contribution in [1.29, 1.82) is 0 Å². The highest BCUT2D eigenvalue weighted by Crippen LogP contribution is 2.26. The quantitative estimate of drug-likeness (QED) is 0.546. The molecule has 122 valence electrons. The first-order chi connectivity index (χ1) is 11.8. The molecule has 0 saturated carbocycles. The van der Waals surface area contributed by atoms with Crippen LogP contribution >= 0.6 is 11.3 Å². The molecule has 1 amide bonds. The van der Waals surface area contributed by atoms with Crippen LogP contribution in [-0.4, -0.2) is 18.7 Å². The SMILES string of the molecule is CCOc1ccc2ccccc2c1/C=N/NC(=O)Cc1cccs1. The first-order valence-corrected chi connectivity index (χ1v) is 8.64. The molecule has 1 heterocycles. The van der Waals surface area contributed by atoms with Gasteiger partial charge in [0.25, 0.3) is 0 Å². The number of nitrogens with zero attached hydrogens (tertiary/aromatic N) is 1. The molecular formula is C19H18N2O2S. The molecule has 0 radical (unpaired) electrons. The van der Waals surface area contributed by atoms with Crippen molar-refractivity contribution in [3.63, 3.8) is 0 Å². The number of rotatable bonds is 6. The number of carbonyl (C=O) groups is 1. The van der Waals surface area contributed by atoms with Crippen molar-refractivity contribution in [2.75, 3.05) is 6.61 Å². The summed E-state index contributed by atoms with van der Waals surface area (Å²) in [6.07, 6.45) is 1.99. The van der Waals surface area contributed by atoms with Gasteiger partial charge in [-0.3, -0.25) is 4.79 Å². The number of benzene rings is 2. The molecule has 0 aliphatic heterocycles. The Morgan fingerprint density at radius 3 is 2.88 bits per heavy atom. The van der Waals surface area contributed by atoms with E-state index >= 15 is 0 Å². The first kappa shape index (κ1) is 16.2. The van der Waals surface area contributed by atoms with Crippen molar-refractivity contribution in [3.05, 3.63) is 64.4 Å². The van der Waals surface area contributed by atoms with Crippen LogP contribution in [-0.2, 0) is 11.2 Å². The first-order valence-electron chi connectivity index (χ1n) is 7.76. The highest BCUT2D eigenvalue weighted by atomic mass is 32.1. The fraction of sp³-hybridized carbons (Fsp3) is 0.158. The van der Waals surface area contributed by atoms with Gasteiger partial charge in [-0.2, -0.15) is 5.10 Å². The number of amides is 1. The molecule has 24 heavy (non-hydrogen) atoms. The normalized spacial score (nSPS) is 11.0. The van der Waals surface area contributed by atoms with Gasteiger partial charge >= 0.3 is 0 Å². The van der Waals surface area contributed by atoms with Crippen LogP contribution in [0.2, 0.25) is 0 Å². The fourth-order valence-electron chi connectivity index (χ4n) is 2.47. The molecule has 0 aliphatic rings. The zero-order valence-corrected chi connectivity index (χ0v) is 14.2. The lowest BCUT2D eigenvalue weighted by Gasteiger charge is -2.10. The number of nitrogens with one attached hydrogen (secondary N) is 1. The number of thiophene rings is 1. The van der Waals surface area contributed by atoms with Crippen molar-refractivity contribution in [3.8, 4) is 5.75 Å². The van der Waals surface area contributed by atoms with Gasteiger partial charge in [0.1, 0.15) is 5.75 Å². The third-order valence-corrected chi connectivity index (χ3v) is 4.40. The van der Waals surface area contributed by atoms with E-state index in [1.807, 2.05) is 60.8 Å². The lowest BCUT2D eigenvalue weighted by atomic mass is 10.0. The van der Waals surface area contributed by atoms with Crippen molar-refractivity contribution in [2.24, 2.45) is 5.10 Å². The average Bonchev–Trinajstić information content (AvgIpc) is 3.09. The molecule has 0 unspecified atom stereocenters. The molecule has 4 nitrogen and oxygen atoms in total. The summed E-state index contributed by atoms with van der Waals surface area (Å²) in [5.74, 6) is 0.624. The zero-order chi connectivity index (χ0) is 16.8. The predicted octanol–water partition coefficient (Wildman–Crippen LogP) is 3.99. The number of carbonyl (C=O) groups excluding carboxylic acids is 1. The van der Waals surface area contributed by atoms with E-state index in [4.69, 9.17) is 4.74 Å². The summed E-state index contributed by atoms with van der Waals surface area (Å²) in [6.45, 7) is 2.52. The van der Waals surface area contributed by atoms with Crippen LogP contribution in [0.15, 0.2) is 59.0 Å². The molecule has 0 saturated heterocycles. The largest absolute Gasteiger partial charge is 0.493 e. The van der Waals surface area contributed by atoms with Crippen LogP contribution in [0.3, 0.4) is 0 Å². The average molecular weight is 338 g/mol. The summed E-state index contributed by atoms with van der Waals surface area (Å²) in [4.78, 5) is 12.9. The van der Waals surface area contributed by atoms with Crippen molar-refractivity contribution in [2.45, 2.75) is 13.3 Å². The van der Waals surface area contributed by atoms with Gasteiger partial charge in [0.05, 0.1) is 19.2 Å². The molecule has 3 aromatic rings. The van der Waals surface area contributed by atoms with Crippen LogP contribution in [0.5, 0.6) is 5.75 Å². The molecule has 0 aliphatic carbocycles. The van der Waals surface area contributed by atoms with Gasteiger partial charge in [-0.05, 0) is 35.2 Å². The van der Waals surface area contributed by atoms with Crippen molar-refractivity contribution < 1.29 is 9.53 Å². The maximum atomic E-state index is 11.9. The molecule has 0 fully saturated rings. The summed E-state index contributed by atoms with van der Waals surface area (Å²) >= 11 is 1.56. The smallest absolute Gasteiger partial charge is 0.245 e. The van der Waals surface area contributed by atoms with Gasteiger partial charge in [0.15, 0.2) is 0 Å². The lowest BCUT2D eigenvalue weighted by Crippen LogP contribution is -2.19. The van der Waals surface area contributed by atoms with E-state index in [-0.39, 0.29) is 5.91 Å². The predicted molar refractivity (Wildman–Crippen MR) is 98.9 cm³/mol. The Hall–Kier alpha value is -2.66. The third-order valence-electron chi connectivity index (χ3n) is 3.53. The summed E-state index contributed by atoms with van der Waals surface area (Å²) < 4.78 is 5.69. The Kier molecular flexibility index (Phi) is 5.23. The summed E-state index contributed by atoms with van der Waals surface area (Å²) in [7, 11) is 0. The number of hydrazone groups is 1. The lowest BCUT2D eigenvalue weighted by molar-refractivity contribution is -0.120. The Balaban J connectivity index is 1.80. The van der Waals surface area contributed by atoms with Crippen LogP contribution in [0.25, 0.3) is 10.8 Å². The molecule has 1 N–H and O–H groups in total. The van der Waals surface area contributed by atoms with E-state index in [0.717, 1.165) is 27.0 Å². The van der Waals surface area contributed by atoms with Gasteiger partial charge in [-0.15, -0.1) is 11.3 Å². The third kappa shape index (κ3) is 3.81. The Morgan fingerprint density at radius 1 is 1.21 bits per heavy atom. The molecule has 3 rings (SSSR count). The maximum Gasteiger partial charge on any atom is 0.245 e. The Morgan fingerprint density at radius 2 is 2.08 bits per heavy atom. The van der Waals surface area contributed by atoms with Gasteiger partial charge in [0.2, 0.25) is 5.91 Å². The summed E-state index contributed by atoms with van der Waals surface area (Å²) in [5.41, 5.74) is 3.45. The van der Waals surface area contributed by atoms with E-state index in [2.05, 4.69) is 10.5 Å². The number of ether oxygens (including phenoxy) is 1. The van der Waals surface area contributed by atoms with E-state index in [0.29, 0.717) is 13.0 Å². The van der Waals surface area contributed by atoms with Crippen LogP contribution in [0, 0.1) is 0 Å². The molecule has 0 atom stereocenters. The fourth-order valence-corrected chi connectivity index (χ4v) is 3.17. The second-order valence-electron chi connectivity index (χ2n) is 5.18. The maximum absolute atomic E-state index is 11.9. The molecular weight excluding hydrogens is 320 g/mol. The topological polar surface area (TPSA) is 50.7 Å². The monoisotopic (exact) mass is 338 g/mol. The minimum absolute atomic E-state index is 0.133. The standard InChI is InChI=1S/C19H18N2O2S/c1-2-23-18-10-9-14-6-3-4-8-16(14)17(18)13-20-21-19(22)12-15-7-5-11-24-15/h3-11,13H,2,12H2,1H3,(H,21,22)/b20-13+. The van der Waals surface area contributed by atoms with Gasteiger partial charge in [0, 0.05) is 10.4 Å². The van der Waals surface area contributed by atoms with Gasteiger partial charge in [-0.25, -0.2) is 5.43 Å². The number of hydrogen-bond acceptors (Lipinski definition) is 4. The summed E-state index contributed by atoms with van der Waals surface area (Å²) in [6, 6.07) is 15.8. The minimum atomic E-state index is -0.133. The van der Waals surface area contributed by atoms with Crippen LogP contribution in [0.1, 0.15) is 17.4 Å². The van der Waals surface area contributed by atoms with Crippen LogP contribution in [0.4, 0.5) is 0 Å². The van der Waals surface area contributed by atoms with E-state index in [9.17, 15) is 4.79 Å². The highest BCUT2D eigenvalue weighted by Gasteiger charge is 2.07. The molecule has 0 spiro atoms. The zero-order valence-electron chi connectivity index (χ0n) is 13.4. The number of hydrogen-bond donors (Lipinski definition) is 1. The van der Waals surface area contributed by atoms with Gasteiger partial charge < -0.3 is 4.74 Å². The van der Waals surface area contributed by atoms with Gasteiger partial charge in [-0.1, -0.05) is 36.4 Å². The Labute approximate surface area is 144 Å². The van der Waals surface area contributed by atoms with Crippen molar-refractivity contribution in [1.82, 2.24) is 5.43 Å². The molecule has 2 aromatic carbocycles. The van der Waals surface area contributed by atoms with E-state index in [1.165, 1.54) is 0 Å². The van der Waals surface area contributed by atoms with Crippen LogP contribution < -0.4 is 10.2 Å². The molecule has 0 bridgehead atoms. The van der Waals surface area contributed by atoms with E-state index < -0.39 is 0 Å². The summed E-state index contributed by atoms with van der Waals surface area (Å²) in [5, 5.41) is 8.22. The minimum Gasteiger partial charge on any atom is -0.493 e. The highest BCUT2D eigenvalue weighted by molar-refractivity contribution is 7.10. The second kappa shape index (κ2) is 7.75. The number of fused-ring (bicyclic) bond motifs is 1. The van der Waals surface area contributed by atoms with E-state index in [1.54, 1.807) is 17.6 Å². The molecule has 1 aromatic heterocycles. The van der Waals surface area contributed by atoms with Crippen molar-refractivity contribution >= 4 is 34.2 Å².